The van der Waals surface area contributed by atoms with Gasteiger partial charge in [-0.15, -0.1) is 0 Å². The topological polar surface area (TPSA) is 38.8 Å². The number of thioether (sulfide) groups is 1. The Morgan fingerprint density at radius 3 is 2.52 bits per heavy atom. The maximum Gasteiger partial charge on any atom is 0.266 e. The second-order valence-corrected chi connectivity index (χ2v) is 8.55. The predicted octanol–water partition coefficient (Wildman–Crippen LogP) is 5.85. The third-order valence-electron chi connectivity index (χ3n) is 4.32. The van der Waals surface area contributed by atoms with Gasteiger partial charge >= 0.3 is 0 Å². The second-order valence-electron chi connectivity index (χ2n) is 6.46. The quantitative estimate of drug-likeness (QED) is 0.393. The molecule has 1 aliphatic rings. The van der Waals surface area contributed by atoms with Crippen molar-refractivity contribution in [3.63, 3.8) is 0 Å². The third-order valence-corrected chi connectivity index (χ3v) is 5.98. The summed E-state index contributed by atoms with van der Waals surface area (Å²) in [6.07, 6.45) is 1.78. The van der Waals surface area contributed by atoms with Crippen LogP contribution in [-0.2, 0) is 11.4 Å². The van der Waals surface area contributed by atoms with E-state index in [9.17, 15) is 4.79 Å². The fourth-order valence-electron chi connectivity index (χ4n) is 2.84. The van der Waals surface area contributed by atoms with Gasteiger partial charge in [-0.3, -0.25) is 9.69 Å². The molecule has 0 N–H and O–H groups in total. The average Bonchev–Trinajstić information content (AvgIpc) is 2.95. The summed E-state index contributed by atoms with van der Waals surface area (Å²) in [7, 11) is 0. The van der Waals surface area contributed by atoms with E-state index >= 15 is 0 Å². The van der Waals surface area contributed by atoms with Crippen molar-refractivity contribution in [1.82, 2.24) is 4.90 Å². The molecule has 1 saturated heterocycles. The van der Waals surface area contributed by atoms with E-state index in [1.165, 1.54) is 17.3 Å². The fourth-order valence-corrected chi connectivity index (χ4v) is 4.50. The smallest absolute Gasteiger partial charge is 0.266 e. The monoisotopic (exact) mass is 447 g/mol. The van der Waals surface area contributed by atoms with Gasteiger partial charge in [-0.05, 0) is 50.1 Å². The number of amides is 1. The predicted molar refractivity (Wildman–Crippen MR) is 124 cm³/mol. The number of thiocarbonyl (C=S) groups is 1. The Labute approximate surface area is 185 Å². The molecular formula is C22H22ClNO3S2. The number of carbonyl (C=O) groups excluding carboxylic acids is 1. The number of rotatable bonds is 7. The zero-order valence-corrected chi connectivity index (χ0v) is 18.9. The molecule has 0 bridgehead atoms. The molecule has 29 heavy (non-hydrogen) atoms. The molecular weight excluding hydrogens is 426 g/mol. The first-order chi connectivity index (χ1) is 13.9. The Kier molecular flexibility index (Phi) is 7.22. The number of hydrogen-bond donors (Lipinski definition) is 0. The van der Waals surface area contributed by atoms with E-state index < -0.39 is 0 Å². The number of carbonyl (C=O) groups is 1. The number of nitrogens with zero attached hydrogens (tertiary/aromatic N) is 1. The minimum atomic E-state index is -0.0868. The van der Waals surface area contributed by atoms with Crippen LogP contribution in [0.25, 0.3) is 6.08 Å². The lowest BCUT2D eigenvalue weighted by Crippen LogP contribution is -2.27. The van der Waals surface area contributed by atoms with Gasteiger partial charge < -0.3 is 9.47 Å². The highest BCUT2D eigenvalue weighted by Crippen LogP contribution is 2.39. The van der Waals surface area contributed by atoms with Crippen LogP contribution >= 0.6 is 35.6 Å². The Morgan fingerprint density at radius 2 is 1.90 bits per heavy atom. The van der Waals surface area contributed by atoms with Crippen LogP contribution in [0, 0.1) is 6.92 Å². The minimum absolute atomic E-state index is 0.0868. The van der Waals surface area contributed by atoms with E-state index in [0.29, 0.717) is 45.5 Å². The van der Waals surface area contributed by atoms with Crippen LogP contribution < -0.4 is 9.47 Å². The van der Waals surface area contributed by atoms with Crippen molar-refractivity contribution >= 4 is 51.9 Å². The standard InChI is InChI=1S/C22H22ClNO3S2/c1-4-24-21(25)19(29-22(24)28)12-16-10-17(23)20(18(11-16)26-5-2)27-13-15-8-6-14(3)7-9-15/h6-12H,4-5,13H2,1-3H3/b19-12+. The molecule has 3 rings (SSSR count). The highest BCUT2D eigenvalue weighted by molar-refractivity contribution is 8.26. The zero-order chi connectivity index (χ0) is 21.0. The molecule has 0 radical (unpaired) electrons. The van der Waals surface area contributed by atoms with Gasteiger partial charge in [-0.2, -0.15) is 0 Å². The second kappa shape index (κ2) is 9.65. The lowest BCUT2D eigenvalue weighted by molar-refractivity contribution is -0.121. The summed E-state index contributed by atoms with van der Waals surface area (Å²) in [5.74, 6) is 0.952. The molecule has 2 aromatic rings. The molecule has 1 amide bonds. The summed E-state index contributed by atoms with van der Waals surface area (Å²) in [6.45, 7) is 7.25. The Morgan fingerprint density at radius 1 is 1.17 bits per heavy atom. The van der Waals surface area contributed by atoms with E-state index in [2.05, 4.69) is 0 Å². The lowest BCUT2D eigenvalue weighted by atomic mass is 10.1. The fraction of sp³-hybridized carbons (Fsp3) is 0.273. The third kappa shape index (κ3) is 5.13. The van der Waals surface area contributed by atoms with Gasteiger partial charge in [0, 0.05) is 6.54 Å². The maximum atomic E-state index is 12.5. The molecule has 0 aliphatic carbocycles. The lowest BCUT2D eigenvalue weighted by Gasteiger charge is -2.15. The van der Waals surface area contributed by atoms with Crippen molar-refractivity contribution in [2.75, 3.05) is 13.2 Å². The molecule has 1 fully saturated rings. The number of likely N-dealkylation sites (N-methyl/N-ethyl adjacent to an activating group) is 1. The molecule has 152 valence electrons. The van der Waals surface area contributed by atoms with E-state index in [0.717, 1.165) is 11.1 Å². The molecule has 2 aromatic carbocycles. The summed E-state index contributed by atoms with van der Waals surface area (Å²) >= 11 is 13.1. The summed E-state index contributed by atoms with van der Waals surface area (Å²) in [6, 6.07) is 11.7. The molecule has 7 heteroatoms. The zero-order valence-electron chi connectivity index (χ0n) is 16.5. The largest absolute Gasteiger partial charge is 0.490 e. The van der Waals surface area contributed by atoms with Gasteiger partial charge in [0.25, 0.3) is 5.91 Å². The average molecular weight is 448 g/mol. The molecule has 1 aliphatic heterocycles. The first-order valence-electron chi connectivity index (χ1n) is 9.33. The summed E-state index contributed by atoms with van der Waals surface area (Å²) < 4.78 is 12.3. The number of hydrogen-bond acceptors (Lipinski definition) is 5. The Hall–Kier alpha value is -2.02. The van der Waals surface area contributed by atoms with Gasteiger partial charge in [0.1, 0.15) is 10.9 Å². The van der Waals surface area contributed by atoms with Crippen molar-refractivity contribution in [1.29, 1.82) is 0 Å². The van der Waals surface area contributed by atoms with Crippen LogP contribution in [0.4, 0.5) is 0 Å². The normalized spacial score (nSPS) is 15.3. The van der Waals surface area contributed by atoms with E-state index in [1.54, 1.807) is 17.0 Å². The van der Waals surface area contributed by atoms with Gasteiger partial charge in [-0.25, -0.2) is 0 Å². The molecule has 4 nitrogen and oxygen atoms in total. The first kappa shape index (κ1) is 21.7. The molecule has 1 heterocycles. The van der Waals surface area contributed by atoms with Gasteiger partial charge in [0.2, 0.25) is 0 Å². The SMILES string of the molecule is CCOc1cc(/C=C2/SC(=S)N(CC)C2=O)cc(Cl)c1OCc1ccc(C)cc1. The number of halogens is 1. The molecule has 0 spiro atoms. The van der Waals surface area contributed by atoms with Crippen molar-refractivity contribution < 1.29 is 14.3 Å². The van der Waals surface area contributed by atoms with E-state index in [-0.39, 0.29) is 5.91 Å². The molecule has 0 unspecified atom stereocenters. The van der Waals surface area contributed by atoms with Crippen LogP contribution in [0.1, 0.15) is 30.5 Å². The number of benzene rings is 2. The Balaban J connectivity index is 1.86. The van der Waals surface area contributed by atoms with Crippen molar-refractivity contribution in [2.24, 2.45) is 0 Å². The molecule has 0 atom stereocenters. The minimum Gasteiger partial charge on any atom is -0.490 e. The van der Waals surface area contributed by atoms with E-state index in [4.69, 9.17) is 33.3 Å². The first-order valence-corrected chi connectivity index (χ1v) is 10.9. The van der Waals surface area contributed by atoms with Crippen LogP contribution in [0.3, 0.4) is 0 Å². The number of ether oxygens (including phenoxy) is 2. The van der Waals surface area contributed by atoms with Crippen molar-refractivity contribution in [3.05, 3.63) is 63.0 Å². The number of aryl methyl sites for hydroxylation is 1. The van der Waals surface area contributed by atoms with E-state index in [1.807, 2.05) is 51.1 Å². The summed E-state index contributed by atoms with van der Waals surface area (Å²) in [4.78, 5) is 14.6. The van der Waals surface area contributed by atoms with Gasteiger partial charge in [0.05, 0.1) is 16.5 Å². The van der Waals surface area contributed by atoms with Gasteiger partial charge in [0.15, 0.2) is 11.5 Å². The molecule has 0 saturated carbocycles. The maximum absolute atomic E-state index is 12.5. The van der Waals surface area contributed by atoms with Crippen molar-refractivity contribution in [3.8, 4) is 11.5 Å². The van der Waals surface area contributed by atoms with Crippen LogP contribution in [0.2, 0.25) is 5.02 Å². The summed E-state index contributed by atoms with van der Waals surface area (Å²) in [5, 5.41) is 0.431. The Bertz CT molecular complexity index is 957. The highest BCUT2D eigenvalue weighted by Gasteiger charge is 2.30. The van der Waals surface area contributed by atoms with Crippen LogP contribution in [0.15, 0.2) is 41.3 Å². The van der Waals surface area contributed by atoms with Crippen molar-refractivity contribution in [2.45, 2.75) is 27.4 Å². The van der Waals surface area contributed by atoms with Crippen LogP contribution in [0.5, 0.6) is 11.5 Å². The summed E-state index contributed by atoms with van der Waals surface area (Å²) in [5.41, 5.74) is 3.00. The van der Waals surface area contributed by atoms with Crippen LogP contribution in [-0.4, -0.2) is 28.3 Å². The molecule has 0 aromatic heterocycles. The highest BCUT2D eigenvalue weighted by atomic mass is 35.5. The van der Waals surface area contributed by atoms with Gasteiger partial charge in [-0.1, -0.05) is 65.4 Å².